The lowest BCUT2D eigenvalue weighted by Crippen LogP contribution is -2.49. The molecule has 1 atom stereocenters. The fraction of sp³-hybridized carbons (Fsp3) is 0.200. The lowest BCUT2D eigenvalue weighted by molar-refractivity contribution is -0.143. The molecule has 1 aliphatic carbocycles. The number of aromatic hydroxyl groups is 1. The summed E-state index contributed by atoms with van der Waals surface area (Å²) >= 11 is 0. The van der Waals surface area contributed by atoms with E-state index in [1.54, 1.807) is 12.1 Å². The van der Waals surface area contributed by atoms with Crippen molar-refractivity contribution < 1.29 is 24.5 Å². The van der Waals surface area contributed by atoms with E-state index in [1.807, 2.05) is 36.4 Å². The van der Waals surface area contributed by atoms with Gasteiger partial charge in [-0.2, -0.15) is 0 Å². The van der Waals surface area contributed by atoms with Crippen LogP contribution in [0.15, 0.2) is 66.7 Å². The van der Waals surface area contributed by atoms with E-state index in [4.69, 9.17) is 4.74 Å². The molecule has 2 N–H and O–H groups in total. The Balaban J connectivity index is 1.38. The van der Waals surface area contributed by atoms with Crippen molar-refractivity contribution in [3.8, 4) is 16.9 Å². The van der Waals surface area contributed by atoms with E-state index in [0.29, 0.717) is 0 Å². The Labute approximate surface area is 179 Å². The molecule has 5 rings (SSSR count). The summed E-state index contributed by atoms with van der Waals surface area (Å²) in [4.78, 5) is 26.0. The third kappa shape index (κ3) is 3.30. The van der Waals surface area contributed by atoms with Gasteiger partial charge in [-0.05, 0) is 45.5 Å². The molecule has 0 saturated heterocycles. The first-order valence-corrected chi connectivity index (χ1v) is 10.2. The standard InChI is InChI=1S/C25H21NO5/c27-17-10-9-15-12-23(24(28)29)26(13-16(15)11-17)25(30)31-14-22-20-7-3-1-5-18(20)19-6-2-4-8-21(19)22/h1-11,22-23,27H,12-14H2,(H,28,29). The van der Waals surface area contributed by atoms with Crippen LogP contribution in [0.1, 0.15) is 28.2 Å². The van der Waals surface area contributed by atoms with Crippen LogP contribution in [0.3, 0.4) is 0 Å². The molecule has 0 bridgehead atoms. The molecule has 156 valence electrons. The maximum absolute atomic E-state index is 13.0. The SMILES string of the molecule is O=C(O)C1Cc2ccc(O)cc2CN1C(=O)OCC1c2ccccc2-c2ccccc21. The Kier molecular flexibility index (Phi) is 4.62. The first-order chi connectivity index (χ1) is 15.0. The molecule has 3 aromatic carbocycles. The van der Waals surface area contributed by atoms with E-state index in [9.17, 15) is 19.8 Å². The third-order valence-electron chi connectivity index (χ3n) is 6.18. The van der Waals surface area contributed by atoms with Crippen LogP contribution in [0.5, 0.6) is 5.75 Å². The Morgan fingerprint density at radius 2 is 1.58 bits per heavy atom. The number of phenolic OH excluding ortho intramolecular Hbond substituents is 1. The minimum absolute atomic E-state index is 0.0807. The summed E-state index contributed by atoms with van der Waals surface area (Å²) in [5, 5.41) is 19.4. The van der Waals surface area contributed by atoms with Crippen LogP contribution < -0.4 is 0 Å². The Morgan fingerprint density at radius 1 is 0.935 bits per heavy atom. The number of hydrogen-bond donors (Lipinski definition) is 2. The summed E-state index contributed by atoms with van der Waals surface area (Å²) in [6.45, 7) is 0.208. The number of ether oxygens (including phenoxy) is 1. The average molecular weight is 415 g/mol. The molecule has 2 aliphatic rings. The summed E-state index contributed by atoms with van der Waals surface area (Å²) in [5.74, 6) is -1.09. The second-order valence-electron chi connectivity index (χ2n) is 7.94. The minimum atomic E-state index is -1.08. The zero-order valence-electron chi connectivity index (χ0n) is 16.7. The number of benzene rings is 3. The molecule has 0 fully saturated rings. The molecule has 31 heavy (non-hydrogen) atoms. The van der Waals surface area contributed by atoms with Crippen molar-refractivity contribution in [1.29, 1.82) is 0 Å². The quantitative estimate of drug-likeness (QED) is 0.671. The molecule has 6 nitrogen and oxygen atoms in total. The largest absolute Gasteiger partial charge is 0.508 e. The summed E-state index contributed by atoms with van der Waals surface area (Å²) in [5.41, 5.74) is 5.99. The van der Waals surface area contributed by atoms with Gasteiger partial charge in [0.1, 0.15) is 18.4 Å². The molecule has 1 heterocycles. The van der Waals surface area contributed by atoms with Crippen molar-refractivity contribution in [3.05, 3.63) is 89.0 Å². The topological polar surface area (TPSA) is 87.1 Å². The molecule has 0 saturated carbocycles. The van der Waals surface area contributed by atoms with Gasteiger partial charge < -0.3 is 14.9 Å². The summed E-state index contributed by atoms with van der Waals surface area (Å²) in [6, 6.07) is 19.9. The number of amides is 1. The Morgan fingerprint density at radius 3 is 2.23 bits per heavy atom. The van der Waals surface area contributed by atoms with Gasteiger partial charge in [0.05, 0.1) is 6.54 Å². The Bertz CT molecular complexity index is 1140. The highest BCUT2D eigenvalue weighted by atomic mass is 16.6. The number of phenols is 1. The highest BCUT2D eigenvalue weighted by Gasteiger charge is 2.37. The Hall–Kier alpha value is -3.80. The zero-order valence-corrected chi connectivity index (χ0v) is 16.7. The van der Waals surface area contributed by atoms with Gasteiger partial charge in [-0.1, -0.05) is 54.6 Å². The van der Waals surface area contributed by atoms with Crippen molar-refractivity contribution in [2.75, 3.05) is 6.61 Å². The molecule has 3 aromatic rings. The number of aliphatic carboxylic acids is 1. The average Bonchev–Trinajstić information content (AvgIpc) is 3.10. The normalized spacial score (nSPS) is 16.9. The summed E-state index contributed by atoms with van der Waals surface area (Å²) in [6.07, 6.45) is -0.488. The first-order valence-electron chi connectivity index (χ1n) is 10.2. The van der Waals surface area contributed by atoms with Gasteiger partial charge in [0.25, 0.3) is 0 Å². The zero-order chi connectivity index (χ0) is 21.5. The van der Waals surface area contributed by atoms with Crippen molar-refractivity contribution in [2.24, 2.45) is 0 Å². The highest BCUT2D eigenvalue weighted by molar-refractivity contribution is 5.82. The number of carboxylic acids is 1. The summed E-state index contributed by atoms with van der Waals surface area (Å²) in [7, 11) is 0. The lowest BCUT2D eigenvalue weighted by atomic mass is 9.94. The van der Waals surface area contributed by atoms with E-state index in [2.05, 4.69) is 12.1 Å². The molecule has 1 unspecified atom stereocenters. The van der Waals surface area contributed by atoms with Gasteiger partial charge in [0, 0.05) is 12.3 Å². The van der Waals surface area contributed by atoms with Crippen LogP contribution in [0.25, 0.3) is 11.1 Å². The van der Waals surface area contributed by atoms with E-state index >= 15 is 0 Å². The minimum Gasteiger partial charge on any atom is -0.508 e. The van der Waals surface area contributed by atoms with Gasteiger partial charge >= 0.3 is 12.1 Å². The third-order valence-corrected chi connectivity index (χ3v) is 6.18. The van der Waals surface area contributed by atoms with Crippen LogP contribution in [0.4, 0.5) is 4.79 Å². The molecule has 0 radical (unpaired) electrons. The number of nitrogens with zero attached hydrogens (tertiary/aromatic N) is 1. The fourth-order valence-corrected chi connectivity index (χ4v) is 4.66. The van der Waals surface area contributed by atoms with Crippen LogP contribution in [0, 0.1) is 0 Å². The summed E-state index contributed by atoms with van der Waals surface area (Å²) < 4.78 is 5.67. The number of fused-ring (bicyclic) bond motifs is 4. The number of carbonyl (C=O) groups excluding carboxylic acids is 1. The van der Waals surface area contributed by atoms with Gasteiger partial charge in [-0.15, -0.1) is 0 Å². The number of carboxylic acid groups (broad SMARTS) is 1. The monoisotopic (exact) mass is 415 g/mol. The number of hydrogen-bond acceptors (Lipinski definition) is 4. The number of rotatable bonds is 3. The predicted molar refractivity (Wildman–Crippen MR) is 114 cm³/mol. The fourth-order valence-electron chi connectivity index (χ4n) is 4.66. The predicted octanol–water partition coefficient (Wildman–Crippen LogP) is 4.15. The van der Waals surface area contributed by atoms with Crippen LogP contribution in [-0.4, -0.2) is 39.8 Å². The first kappa shape index (κ1) is 19.2. The van der Waals surface area contributed by atoms with E-state index in [-0.39, 0.29) is 31.2 Å². The number of carbonyl (C=O) groups is 2. The molecular formula is C25H21NO5. The van der Waals surface area contributed by atoms with Crippen molar-refractivity contribution >= 4 is 12.1 Å². The maximum Gasteiger partial charge on any atom is 0.410 e. The highest BCUT2D eigenvalue weighted by Crippen LogP contribution is 2.44. The molecule has 1 aliphatic heterocycles. The van der Waals surface area contributed by atoms with Crippen molar-refractivity contribution in [2.45, 2.75) is 24.9 Å². The van der Waals surface area contributed by atoms with Gasteiger partial charge in [0.2, 0.25) is 0 Å². The van der Waals surface area contributed by atoms with E-state index in [1.165, 1.54) is 11.0 Å². The molecule has 6 heteroatoms. The molecule has 0 spiro atoms. The van der Waals surface area contributed by atoms with Gasteiger partial charge in [-0.25, -0.2) is 9.59 Å². The second kappa shape index (κ2) is 7.47. The van der Waals surface area contributed by atoms with Gasteiger partial charge in [-0.3, -0.25) is 4.90 Å². The van der Waals surface area contributed by atoms with E-state index < -0.39 is 18.1 Å². The second-order valence-corrected chi connectivity index (χ2v) is 7.94. The molecule has 1 amide bonds. The van der Waals surface area contributed by atoms with Gasteiger partial charge in [0.15, 0.2) is 0 Å². The van der Waals surface area contributed by atoms with Crippen LogP contribution >= 0.6 is 0 Å². The van der Waals surface area contributed by atoms with E-state index in [0.717, 1.165) is 33.4 Å². The van der Waals surface area contributed by atoms with Crippen molar-refractivity contribution in [3.63, 3.8) is 0 Å². The lowest BCUT2D eigenvalue weighted by Gasteiger charge is -2.34. The molecule has 0 aromatic heterocycles. The van der Waals surface area contributed by atoms with Crippen LogP contribution in [0.2, 0.25) is 0 Å². The van der Waals surface area contributed by atoms with Crippen molar-refractivity contribution in [1.82, 2.24) is 4.90 Å². The van der Waals surface area contributed by atoms with Crippen LogP contribution in [-0.2, 0) is 22.5 Å². The maximum atomic E-state index is 13.0. The molecular weight excluding hydrogens is 394 g/mol. The smallest absolute Gasteiger partial charge is 0.410 e.